The van der Waals surface area contributed by atoms with Crippen molar-refractivity contribution < 1.29 is 5.11 Å². The Morgan fingerprint density at radius 3 is 2.81 bits per heavy atom. The molecule has 1 aromatic rings. The van der Waals surface area contributed by atoms with Crippen molar-refractivity contribution in [3.8, 4) is 0 Å². The number of rotatable bonds is 5. The molecule has 1 unspecified atom stereocenters. The van der Waals surface area contributed by atoms with E-state index in [0.29, 0.717) is 10.8 Å². The quantitative estimate of drug-likeness (QED) is 0.445. The van der Waals surface area contributed by atoms with Crippen molar-refractivity contribution in [2.24, 2.45) is 5.73 Å². The Balaban J connectivity index is 2.77. The van der Waals surface area contributed by atoms with Crippen molar-refractivity contribution in [1.82, 2.24) is 0 Å². The van der Waals surface area contributed by atoms with Crippen LogP contribution >= 0.6 is 27.7 Å². The van der Waals surface area contributed by atoms with Crippen LogP contribution in [0.2, 0.25) is 0 Å². The molecular formula is C11H15BrN2OS. The van der Waals surface area contributed by atoms with Crippen molar-refractivity contribution >= 4 is 33.5 Å². The van der Waals surface area contributed by atoms with E-state index in [0.717, 1.165) is 15.8 Å². The van der Waals surface area contributed by atoms with Gasteiger partial charge in [0, 0.05) is 26.8 Å². The van der Waals surface area contributed by atoms with Gasteiger partial charge < -0.3 is 10.8 Å². The average Bonchev–Trinajstić information content (AvgIpc) is 2.17. The minimum Gasteiger partial charge on any atom is -0.396 e. The Bertz CT molecular complexity index is 384. The summed E-state index contributed by atoms with van der Waals surface area (Å²) in [5.74, 6) is 0.0619. The standard InChI is InChI=1S/C11H15BrN2OS/c1-7(4-5-15)16-8-2-3-9(11(13)14)10(12)6-8/h2-3,6-7,15H,4-5H2,1H3,(H3,13,14). The van der Waals surface area contributed by atoms with Crippen LogP contribution in [0, 0.1) is 5.41 Å². The minimum absolute atomic E-state index is 0.0619. The molecule has 0 saturated carbocycles. The Kier molecular flexibility index (Phi) is 5.31. The Hall–Kier alpha value is -0.520. The number of thioether (sulfide) groups is 1. The van der Waals surface area contributed by atoms with Gasteiger partial charge in [0.15, 0.2) is 0 Å². The third kappa shape index (κ3) is 3.81. The number of hydrogen-bond acceptors (Lipinski definition) is 3. The monoisotopic (exact) mass is 302 g/mol. The second-order valence-corrected chi connectivity index (χ2v) is 5.86. The van der Waals surface area contributed by atoms with E-state index in [-0.39, 0.29) is 12.4 Å². The fourth-order valence-corrected chi connectivity index (χ4v) is 3.02. The molecule has 0 spiro atoms. The summed E-state index contributed by atoms with van der Waals surface area (Å²) in [6.45, 7) is 2.29. The van der Waals surface area contributed by atoms with Crippen LogP contribution in [-0.4, -0.2) is 22.8 Å². The molecule has 88 valence electrons. The van der Waals surface area contributed by atoms with Crippen LogP contribution in [0.5, 0.6) is 0 Å². The van der Waals surface area contributed by atoms with Gasteiger partial charge in [0.2, 0.25) is 0 Å². The molecule has 0 heterocycles. The van der Waals surface area contributed by atoms with Gasteiger partial charge in [-0.2, -0.15) is 0 Å². The number of nitrogen functional groups attached to an aromatic ring is 1. The van der Waals surface area contributed by atoms with E-state index in [1.165, 1.54) is 0 Å². The summed E-state index contributed by atoms with van der Waals surface area (Å²) in [4.78, 5) is 1.11. The molecule has 5 heteroatoms. The maximum absolute atomic E-state index is 8.82. The number of nitrogens with two attached hydrogens (primary N) is 1. The van der Waals surface area contributed by atoms with Gasteiger partial charge in [0.05, 0.1) is 0 Å². The van der Waals surface area contributed by atoms with Crippen LogP contribution in [0.25, 0.3) is 0 Å². The fourth-order valence-electron chi connectivity index (χ4n) is 1.26. The lowest BCUT2D eigenvalue weighted by Gasteiger charge is -2.10. The van der Waals surface area contributed by atoms with Gasteiger partial charge in [-0.25, -0.2) is 0 Å². The van der Waals surface area contributed by atoms with E-state index in [4.69, 9.17) is 16.2 Å². The number of hydrogen-bond donors (Lipinski definition) is 3. The van der Waals surface area contributed by atoms with Gasteiger partial charge in [-0.05, 0) is 40.5 Å². The van der Waals surface area contributed by atoms with Crippen molar-refractivity contribution in [3.05, 3.63) is 28.2 Å². The van der Waals surface area contributed by atoms with Gasteiger partial charge in [-0.1, -0.05) is 6.92 Å². The highest BCUT2D eigenvalue weighted by Crippen LogP contribution is 2.29. The number of amidine groups is 1. The van der Waals surface area contributed by atoms with Crippen LogP contribution in [0.15, 0.2) is 27.6 Å². The second-order valence-electron chi connectivity index (χ2n) is 3.50. The number of aliphatic hydroxyl groups excluding tert-OH is 1. The molecule has 0 saturated heterocycles. The van der Waals surface area contributed by atoms with Crippen LogP contribution < -0.4 is 5.73 Å². The lowest BCUT2D eigenvalue weighted by atomic mass is 10.2. The largest absolute Gasteiger partial charge is 0.396 e. The molecule has 16 heavy (non-hydrogen) atoms. The van der Waals surface area contributed by atoms with Crippen molar-refractivity contribution in [3.63, 3.8) is 0 Å². The van der Waals surface area contributed by atoms with E-state index in [1.807, 2.05) is 18.2 Å². The number of halogens is 1. The predicted molar refractivity (Wildman–Crippen MR) is 72.2 cm³/mol. The first-order valence-corrected chi connectivity index (χ1v) is 6.63. The highest BCUT2D eigenvalue weighted by molar-refractivity contribution is 9.10. The van der Waals surface area contributed by atoms with Crippen molar-refractivity contribution in [1.29, 1.82) is 5.41 Å². The van der Waals surface area contributed by atoms with Gasteiger partial charge in [-0.3, -0.25) is 5.41 Å². The number of benzene rings is 1. The normalized spacial score (nSPS) is 12.4. The SMILES string of the molecule is CC(CCO)Sc1ccc(C(=N)N)c(Br)c1. The summed E-state index contributed by atoms with van der Waals surface area (Å²) >= 11 is 5.09. The lowest BCUT2D eigenvalue weighted by molar-refractivity contribution is 0.289. The molecule has 1 rings (SSSR count). The van der Waals surface area contributed by atoms with Crippen molar-refractivity contribution in [2.45, 2.75) is 23.5 Å². The number of aliphatic hydroxyl groups is 1. The molecule has 0 aromatic heterocycles. The first-order valence-electron chi connectivity index (χ1n) is 4.96. The molecule has 3 nitrogen and oxygen atoms in total. The van der Waals surface area contributed by atoms with Crippen molar-refractivity contribution in [2.75, 3.05) is 6.61 Å². The summed E-state index contributed by atoms with van der Waals surface area (Å²) in [6.07, 6.45) is 0.775. The van der Waals surface area contributed by atoms with Gasteiger partial charge in [0.1, 0.15) is 5.84 Å². The van der Waals surface area contributed by atoms with Crippen LogP contribution in [-0.2, 0) is 0 Å². The van der Waals surface area contributed by atoms with Crippen LogP contribution in [0.1, 0.15) is 18.9 Å². The molecule has 1 atom stereocenters. The Morgan fingerprint density at radius 2 is 2.31 bits per heavy atom. The summed E-state index contributed by atoms with van der Waals surface area (Å²) in [7, 11) is 0. The third-order valence-electron chi connectivity index (χ3n) is 2.10. The van der Waals surface area contributed by atoms with Gasteiger partial charge in [-0.15, -0.1) is 11.8 Å². The van der Waals surface area contributed by atoms with Crippen LogP contribution in [0.4, 0.5) is 0 Å². The first kappa shape index (κ1) is 13.5. The predicted octanol–water partition coefficient (Wildman–Crippen LogP) is 2.60. The second kappa shape index (κ2) is 6.27. The molecule has 0 fully saturated rings. The average molecular weight is 303 g/mol. The van der Waals surface area contributed by atoms with Crippen LogP contribution in [0.3, 0.4) is 0 Å². The van der Waals surface area contributed by atoms with E-state index < -0.39 is 0 Å². The maximum Gasteiger partial charge on any atom is 0.123 e. The third-order valence-corrected chi connectivity index (χ3v) is 3.92. The topological polar surface area (TPSA) is 70.1 Å². The zero-order chi connectivity index (χ0) is 12.1. The molecule has 0 aliphatic heterocycles. The highest BCUT2D eigenvalue weighted by atomic mass is 79.9. The summed E-state index contributed by atoms with van der Waals surface area (Å²) in [5.41, 5.74) is 6.13. The van der Waals surface area contributed by atoms with E-state index in [2.05, 4.69) is 22.9 Å². The molecule has 0 aliphatic rings. The molecule has 0 aliphatic carbocycles. The molecular weight excluding hydrogens is 288 g/mol. The summed E-state index contributed by atoms with van der Waals surface area (Å²) in [6, 6.07) is 5.73. The molecule has 0 radical (unpaired) electrons. The van der Waals surface area contributed by atoms with E-state index in [1.54, 1.807) is 11.8 Å². The van der Waals surface area contributed by atoms with Gasteiger partial charge >= 0.3 is 0 Å². The zero-order valence-electron chi connectivity index (χ0n) is 9.03. The molecule has 0 amide bonds. The molecule has 1 aromatic carbocycles. The maximum atomic E-state index is 8.82. The summed E-state index contributed by atoms with van der Waals surface area (Å²) < 4.78 is 0.834. The van der Waals surface area contributed by atoms with E-state index >= 15 is 0 Å². The van der Waals surface area contributed by atoms with E-state index in [9.17, 15) is 0 Å². The zero-order valence-corrected chi connectivity index (χ0v) is 11.4. The fraction of sp³-hybridized carbons (Fsp3) is 0.364. The molecule has 0 bridgehead atoms. The lowest BCUT2D eigenvalue weighted by Crippen LogP contribution is -2.11. The first-order chi connectivity index (χ1) is 7.54. The minimum atomic E-state index is 0.0619. The highest BCUT2D eigenvalue weighted by Gasteiger charge is 2.07. The van der Waals surface area contributed by atoms with Gasteiger partial charge in [0.25, 0.3) is 0 Å². The smallest absolute Gasteiger partial charge is 0.123 e. The summed E-state index contributed by atoms with van der Waals surface area (Å²) in [5, 5.41) is 16.6. The Labute approximate surface area is 108 Å². The Morgan fingerprint density at radius 1 is 1.62 bits per heavy atom. The number of nitrogens with one attached hydrogen (secondary N) is 1. The molecule has 4 N–H and O–H groups in total.